The molecule has 0 saturated heterocycles. The second-order valence-corrected chi connectivity index (χ2v) is 9.47. The van der Waals surface area contributed by atoms with E-state index in [-0.39, 0.29) is 5.60 Å². The summed E-state index contributed by atoms with van der Waals surface area (Å²) in [6.45, 7) is 5.56. The predicted molar refractivity (Wildman–Crippen MR) is 88.4 cm³/mol. The third kappa shape index (κ3) is 2.36. The van der Waals surface area contributed by atoms with E-state index in [0.29, 0.717) is 0 Å². The van der Waals surface area contributed by atoms with Gasteiger partial charge in [-0.2, -0.15) is 0 Å². The van der Waals surface area contributed by atoms with Crippen LogP contribution in [-0.4, -0.2) is 24.4 Å². The number of ether oxygens (including phenoxy) is 1. The molecule has 0 aromatic carbocycles. The Hall–Kier alpha value is -0.0800. The highest BCUT2D eigenvalue weighted by molar-refractivity contribution is 5.06. The SMILES string of the molecule is COC[C@H]1C[C@H]2[C@@H]3CC[C@@H]4C[C@](C)(O)CC[C@@H]4[C@H]3C[C@@H](C)[C@H]12. The number of hydrogen-bond donors (Lipinski definition) is 1. The van der Waals surface area contributed by atoms with Gasteiger partial charge in [0.2, 0.25) is 0 Å². The number of fused-ring (bicyclic) bond motifs is 5. The van der Waals surface area contributed by atoms with Crippen molar-refractivity contribution >= 4 is 0 Å². The topological polar surface area (TPSA) is 29.5 Å². The molecule has 0 bridgehead atoms. The van der Waals surface area contributed by atoms with Crippen LogP contribution < -0.4 is 0 Å². The summed E-state index contributed by atoms with van der Waals surface area (Å²) in [5, 5.41) is 10.4. The first-order valence-corrected chi connectivity index (χ1v) is 9.71. The lowest BCUT2D eigenvalue weighted by atomic mass is 9.43. The van der Waals surface area contributed by atoms with Crippen LogP contribution in [0.3, 0.4) is 0 Å². The fourth-order valence-electron chi connectivity index (χ4n) is 7.37. The Balaban J connectivity index is 1.49. The van der Waals surface area contributed by atoms with Gasteiger partial charge in [-0.3, -0.25) is 0 Å². The second-order valence-electron chi connectivity index (χ2n) is 9.47. The van der Waals surface area contributed by atoms with E-state index < -0.39 is 0 Å². The van der Waals surface area contributed by atoms with Gasteiger partial charge >= 0.3 is 0 Å². The molecule has 4 aliphatic rings. The maximum Gasteiger partial charge on any atom is 0.0622 e. The van der Waals surface area contributed by atoms with Gasteiger partial charge in [-0.1, -0.05) is 6.92 Å². The highest BCUT2D eigenvalue weighted by Gasteiger charge is 2.57. The van der Waals surface area contributed by atoms with Crippen molar-refractivity contribution in [2.75, 3.05) is 13.7 Å². The number of hydrogen-bond acceptors (Lipinski definition) is 2. The molecule has 2 nitrogen and oxygen atoms in total. The molecular formula is C20H34O2. The third-order valence-corrected chi connectivity index (χ3v) is 8.14. The quantitative estimate of drug-likeness (QED) is 0.831. The van der Waals surface area contributed by atoms with Crippen molar-refractivity contribution in [1.82, 2.24) is 0 Å². The van der Waals surface area contributed by atoms with Gasteiger partial charge in [0.05, 0.1) is 5.60 Å². The summed E-state index contributed by atoms with van der Waals surface area (Å²) in [4.78, 5) is 0. The van der Waals surface area contributed by atoms with Crippen molar-refractivity contribution < 1.29 is 9.84 Å². The summed E-state index contributed by atoms with van der Waals surface area (Å²) < 4.78 is 5.46. The van der Waals surface area contributed by atoms with Gasteiger partial charge in [0.1, 0.15) is 0 Å². The summed E-state index contributed by atoms with van der Waals surface area (Å²) in [5.41, 5.74) is -0.378. The molecule has 4 saturated carbocycles. The molecule has 0 aliphatic heterocycles. The Morgan fingerprint density at radius 2 is 1.86 bits per heavy atom. The Morgan fingerprint density at radius 1 is 1.05 bits per heavy atom. The monoisotopic (exact) mass is 306 g/mol. The molecule has 0 radical (unpaired) electrons. The lowest BCUT2D eigenvalue weighted by Crippen LogP contribution is -2.56. The molecule has 4 fully saturated rings. The minimum absolute atomic E-state index is 0.378. The number of methoxy groups -OCH3 is 1. The molecule has 1 N–H and O–H groups in total. The van der Waals surface area contributed by atoms with Crippen LogP contribution in [0.25, 0.3) is 0 Å². The van der Waals surface area contributed by atoms with Gasteiger partial charge in [0.25, 0.3) is 0 Å². The molecule has 4 rings (SSSR count). The summed E-state index contributed by atoms with van der Waals surface area (Å²) in [6.07, 6.45) is 9.09. The van der Waals surface area contributed by atoms with Gasteiger partial charge in [0.15, 0.2) is 0 Å². The molecule has 4 aliphatic carbocycles. The summed E-state index contributed by atoms with van der Waals surface area (Å²) in [6, 6.07) is 0. The van der Waals surface area contributed by atoms with Gasteiger partial charge in [0, 0.05) is 13.7 Å². The fraction of sp³-hybridized carbons (Fsp3) is 1.00. The Bertz CT molecular complexity index is 418. The van der Waals surface area contributed by atoms with Gasteiger partial charge < -0.3 is 9.84 Å². The lowest BCUT2D eigenvalue weighted by Gasteiger charge is -2.62. The fourth-order valence-corrected chi connectivity index (χ4v) is 7.37. The lowest BCUT2D eigenvalue weighted by molar-refractivity contribution is -0.151. The minimum Gasteiger partial charge on any atom is -0.390 e. The van der Waals surface area contributed by atoms with E-state index in [1.54, 1.807) is 0 Å². The van der Waals surface area contributed by atoms with E-state index in [1.165, 1.54) is 32.1 Å². The molecule has 0 heterocycles. The Kier molecular flexibility index (Phi) is 3.85. The van der Waals surface area contributed by atoms with Crippen LogP contribution in [0.1, 0.15) is 58.8 Å². The normalized spacial score (nSPS) is 57.3. The second kappa shape index (κ2) is 5.48. The Morgan fingerprint density at radius 3 is 2.64 bits per heavy atom. The minimum atomic E-state index is -0.378. The first-order chi connectivity index (χ1) is 10.5. The molecule has 0 spiro atoms. The van der Waals surface area contributed by atoms with Crippen LogP contribution in [0.15, 0.2) is 0 Å². The van der Waals surface area contributed by atoms with Crippen molar-refractivity contribution in [2.45, 2.75) is 64.4 Å². The van der Waals surface area contributed by atoms with Crippen LogP contribution in [0.2, 0.25) is 0 Å². The summed E-state index contributed by atoms with van der Waals surface area (Å²) >= 11 is 0. The van der Waals surface area contributed by atoms with Crippen molar-refractivity contribution in [2.24, 2.45) is 47.3 Å². The van der Waals surface area contributed by atoms with E-state index in [1.807, 2.05) is 7.11 Å². The molecule has 0 aromatic rings. The molecule has 0 unspecified atom stereocenters. The van der Waals surface area contributed by atoms with E-state index >= 15 is 0 Å². The van der Waals surface area contributed by atoms with Crippen LogP contribution in [0.4, 0.5) is 0 Å². The molecule has 2 heteroatoms. The van der Waals surface area contributed by atoms with Crippen LogP contribution in [0.5, 0.6) is 0 Å². The van der Waals surface area contributed by atoms with Crippen LogP contribution in [0, 0.1) is 47.3 Å². The number of rotatable bonds is 2. The van der Waals surface area contributed by atoms with E-state index in [9.17, 15) is 5.11 Å². The molecule has 22 heavy (non-hydrogen) atoms. The van der Waals surface area contributed by atoms with Crippen molar-refractivity contribution in [3.63, 3.8) is 0 Å². The van der Waals surface area contributed by atoms with Crippen molar-refractivity contribution in [3.8, 4) is 0 Å². The van der Waals surface area contributed by atoms with E-state index in [2.05, 4.69) is 13.8 Å². The molecule has 0 aromatic heterocycles. The molecule has 9 atom stereocenters. The van der Waals surface area contributed by atoms with Crippen molar-refractivity contribution in [1.29, 1.82) is 0 Å². The smallest absolute Gasteiger partial charge is 0.0622 e. The van der Waals surface area contributed by atoms with Crippen molar-refractivity contribution in [3.05, 3.63) is 0 Å². The highest BCUT2D eigenvalue weighted by atomic mass is 16.5. The largest absolute Gasteiger partial charge is 0.390 e. The van der Waals surface area contributed by atoms with E-state index in [0.717, 1.165) is 66.8 Å². The van der Waals surface area contributed by atoms with Gasteiger partial charge in [-0.25, -0.2) is 0 Å². The third-order valence-electron chi connectivity index (χ3n) is 8.14. The van der Waals surface area contributed by atoms with E-state index in [4.69, 9.17) is 4.74 Å². The first-order valence-electron chi connectivity index (χ1n) is 9.71. The van der Waals surface area contributed by atoms with Gasteiger partial charge in [-0.15, -0.1) is 0 Å². The number of aliphatic hydroxyl groups is 1. The van der Waals surface area contributed by atoms with Crippen LogP contribution >= 0.6 is 0 Å². The van der Waals surface area contributed by atoms with Crippen LogP contribution in [-0.2, 0) is 4.74 Å². The summed E-state index contributed by atoms with van der Waals surface area (Å²) in [5.74, 6) is 7.37. The average Bonchev–Trinajstić information content (AvgIpc) is 2.42. The molecular weight excluding hydrogens is 272 g/mol. The maximum absolute atomic E-state index is 10.4. The zero-order chi connectivity index (χ0) is 15.5. The Labute approximate surface area is 136 Å². The summed E-state index contributed by atoms with van der Waals surface area (Å²) in [7, 11) is 1.86. The average molecular weight is 306 g/mol. The highest BCUT2D eigenvalue weighted by Crippen LogP contribution is 2.63. The first kappa shape index (κ1) is 15.4. The maximum atomic E-state index is 10.4. The van der Waals surface area contributed by atoms with Gasteiger partial charge in [-0.05, 0) is 99.2 Å². The predicted octanol–water partition coefficient (Wildman–Crippen LogP) is 4.12. The zero-order valence-electron chi connectivity index (χ0n) is 14.6. The molecule has 126 valence electrons. The molecule has 0 amide bonds. The standard InChI is InChI=1S/C20H34O2/c1-12-8-17-15-6-7-20(2,21)10-13(15)4-5-16(17)18-9-14(11-22-3)19(12)18/h12-19,21H,4-11H2,1-3H3/t12-,13-,14-,15+,16-,17-,18+,19-,20-/m1/s1. The zero-order valence-corrected chi connectivity index (χ0v) is 14.6.